The first-order valence-electron chi connectivity index (χ1n) is 5.95. The molecule has 0 aliphatic rings. The number of carboxylic acids is 1. The van der Waals surface area contributed by atoms with Gasteiger partial charge in [-0.2, -0.15) is 0 Å². The molecule has 0 spiro atoms. The number of rotatable bonds is 6. The highest BCUT2D eigenvalue weighted by atomic mass is 19.4. The minimum atomic E-state index is -4.73. The summed E-state index contributed by atoms with van der Waals surface area (Å²) in [6, 6.07) is 6.41. The lowest BCUT2D eigenvalue weighted by Crippen LogP contribution is -2.17. The van der Waals surface area contributed by atoms with E-state index < -0.39 is 12.3 Å². The fourth-order valence-corrected chi connectivity index (χ4v) is 1.54. The van der Waals surface area contributed by atoms with E-state index >= 15 is 0 Å². The smallest absolute Gasteiger partial charge is 0.476 e. The number of benzene rings is 1. The van der Waals surface area contributed by atoms with Crippen LogP contribution in [0.3, 0.4) is 0 Å². The molecular formula is C13H10F3NO5. The number of hydrogen-bond acceptors (Lipinski definition) is 5. The number of halogens is 3. The highest BCUT2D eigenvalue weighted by Gasteiger charge is 2.30. The first kappa shape index (κ1) is 15.8. The molecule has 1 aromatic carbocycles. The molecule has 1 heterocycles. The second-order valence-electron chi connectivity index (χ2n) is 4.17. The Morgan fingerprint density at radius 3 is 2.45 bits per heavy atom. The van der Waals surface area contributed by atoms with Crippen LogP contribution in [0.25, 0.3) is 0 Å². The Hall–Kier alpha value is -2.55. The first-order chi connectivity index (χ1) is 10.3. The molecule has 9 heteroatoms. The SMILES string of the molecule is O=C(O)c1cc(COCc2ccc(OC(F)(F)F)cc2)on1. The first-order valence-corrected chi connectivity index (χ1v) is 5.95. The predicted molar refractivity (Wildman–Crippen MR) is 65.1 cm³/mol. The number of carbonyl (C=O) groups is 1. The molecule has 0 saturated heterocycles. The Bertz CT molecular complexity index is 636. The van der Waals surface area contributed by atoms with Gasteiger partial charge >= 0.3 is 12.3 Å². The lowest BCUT2D eigenvalue weighted by molar-refractivity contribution is -0.274. The van der Waals surface area contributed by atoms with Crippen LogP contribution in [0.1, 0.15) is 21.8 Å². The summed E-state index contributed by atoms with van der Waals surface area (Å²) in [6.45, 7) is 0.0937. The molecule has 0 atom stereocenters. The summed E-state index contributed by atoms with van der Waals surface area (Å²) in [5.74, 6) is -1.30. The third-order valence-corrected chi connectivity index (χ3v) is 2.45. The maximum Gasteiger partial charge on any atom is 0.573 e. The number of alkyl halides is 3. The van der Waals surface area contributed by atoms with Crippen molar-refractivity contribution in [1.82, 2.24) is 5.16 Å². The summed E-state index contributed by atoms with van der Waals surface area (Å²) in [6.07, 6.45) is -4.73. The summed E-state index contributed by atoms with van der Waals surface area (Å²) in [4.78, 5) is 10.6. The molecule has 0 unspecified atom stereocenters. The molecule has 0 fully saturated rings. The molecule has 0 bridgehead atoms. The Morgan fingerprint density at radius 1 is 1.23 bits per heavy atom. The highest BCUT2D eigenvalue weighted by Crippen LogP contribution is 2.23. The third-order valence-electron chi connectivity index (χ3n) is 2.45. The second kappa shape index (κ2) is 6.48. The molecular weight excluding hydrogens is 307 g/mol. The van der Waals surface area contributed by atoms with Gasteiger partial charge in [-0.05, 0) is 17.7 Å². The van der Waals surface area contributed by atoms with Gasteiger partial charge in [-0.25, -0.2) is 4.79 Å². The molecule has 0 aliphatic heterocycles. The number of hydrogen-bond donors (Lipinski definition) is 1. The maximum absolute atomic E-state index is 12.0. The minimum absolute atomic E-state index is 0.0128. The Labute approximate surface area is 122 Å². The van der Waals surface area contributed by atoms with Crippen LogP contribution in [-0.4, -0.2) is 22.6 Å². The topological polar surface area (TPSA) is 81.8 Å². The van der Waals surface area contributed by atoms with E-state index in [-0.39, 0.29) is 30.4 Å². The third kappa shape index (κ3) is 4.77. The van der Waals surface area contributed by atoms with Crippen LogP contribution in [0.15, 0.2) is 34.9 Å². The number of aromatic nitrogens is 1. The highest BCUT2D eigenvalue weighted by molar-refractivity contribution is 5.85. The van der Waals surface area contributed by atoms with Crippen LogP contribution in [0.5, 0.6) is 5.75 Å². The van der Waals surface area contributed by atoms with Crippen molar-refractivity contribution < 1.29 is 37.1 Å². The van der Waals surface area contributed by atoms with Gasteiger partial charge in [0.25, 0.3) is 0 Å². The number of ether oxygens (including phenoxy) is 2. The Morgan fingerprint density at radius 2 is 1.91 bits per heavy atom. The van der Waals surface area contributed by atoms with E-state index in [1.165, 1.54) is 30.3 Å². The molecule has 0 radical (unpaired) electrons. The van der Waals surface area contributed by atoms with Crippen LogP contribution >= 0.6 is 0 Å². The summed E-state index contributed by atoms with van der Waals surface area (Å²) < 4.78 is 49.7. The molecule has 118 valence electrons. The van der Waals surface area contributed by atoms with Gasteiger partial charge < -0.3 is 19.1 Å². The molecule has 1 aromatic heterocycles. The zero-order valence-electron chi connectivity index (χ0n) is 11.0. The average molecular weight is 317 g/mol. The summed E-state index contributed by atoms with van der Waals surface area (Å²) in [5, 5.41) is 12.0. The molecule has 1 N–H and O–H groups in total. The van der Waals surface area contributed by atoms with Crippen molar-refractivity contribution in [3.05, 3.63) is 47.3 Å². The number of carboxylic acid groups (broad SMARTS) is 1. The van der Waals surface area contributed by atoms with Gasteiger partial charge in [0.2, 0.25) is 0 Å². The van der Waals surface area contributed by atoms with E-state index in [1.807, 2.05) is 0 Å². The molecule has 0 saturated carbocycles. The molecule has 2 rings (SSSR count). The standard InChI is InChI=1S/C13H10F3NO5/c14-13(15,16)21-9-3-1-8(2-4-9)6-20-7-10-5-11(12(18)19)17-22-10/h1-5H,6-7H2,(H,18,19). The van der Waals surface area contributed by atoms with Gasteiger partial charge in [0.1, 0.15) is 12.4 Å². The van der Waals surface area contributed by atoms with Crippen LogP contribution in [0.2, 0.25) is 0 Å². The van der Waals surface area contributed by atoms with Crippen molar-refractivity contribution in [1.29, 1.82) is 0 Å². The second-order valence-corrected chi connectivity index (χ2v) is 4.17. The van der Waals surface area contributed by atoms with E-state index in [0.717, 1.165) is 0 Å². The van der Waals surface area contributed by atoms with Crippen LogP contribution in [0, 0.1) is 0 Å². The normalized spacial score (nSPS) is 11.4. The van der Waals surface area contributed by atoms with Crippen LogP contribution in [0.4, 0.5) is 13.2 Å². The van der Waals surface area contributed by atoms with Gasteiger partial charge in [0.15, 0.2) is 11.5 Å². The molecule has 6 nitrogen and oxygen atoms in total. The van der Waals surface area contributed by atoms with Gasteiger partial charge in [-0.1, -0.05) is 17.3 Å². The maximum atomic E-state index is 12.0. The van der Waals surface area contributed by atoms with Crippen molar-refractivity contribution in [2.24, 2.45) is 0 Å². The van der Waals surface area contributed by atoms with E-state index in [1.54, 1.807) is 0 Å². The van der Waals surface area contributed by atoms with Crippen LogP contribution in [-0.2, 0) is 18.0 Å². The molecule has 0 aliphatic carbocycles. The Balaban J connectivity index is 1.82. The zero-order chi connectivity index (χ0) is 16.2. The van der Waals surface area contributed by atoms with Gasteiger partial charge in [-0.15, -0.1) is 13.2 Å². The average Bonchev–Trinajstić information content (AvgIpc) is 2.88. The minimum Gasteiger partial charge on any atom is -0.476 e. The van der Waals surface area contributed by atoms with Crippen LogP contribution < -0.4 is 4.74 Å². The Kier molecular flexibility index (Phi) is 4.66. The monoisotopic (exact) mass is 317 g/mol. The molecule has 22 heavy (non-hydrogen) atoms. The fourth-order valence-electron chi connectivity index (χ4n) is 1.54. The van der Waals surface area contributed by atoms with Gasteiger partial charge in [0.05, 0.1) is 6.61 Å². The number of nitrogens with zero attached hydrogens (tertiary/aromatic N) is 1. The van der Waals surface area contributed by atoms with E-state index in [9.17, 15) is 18.0 Å². The summed E-state index contributed by atoms with van der Waals surface area (Å²) in [7, 11) is 0. The summed E-state index contributed by atoms with van der Waals surface area (Å²) >= 11 is 0. The molecule has 0 amide bonds. The van der Waals surface area contributed by atoms with E-state index in [4.69, 9.17) is 14.4 Å². The van der Waals surface area contributed by atoms with E-state index in [2.05, 4.69) is 9.89 Å². The number of aromatic carboxylic acids is 1. The summed E-state index contributed by atoms with van der Waals surface area (Å²) in [5.41, 5.74) is 0.389. The lowest BCUT2D eigenvalue weighted by atomic mass is 10.2. The van der Waals surface area contributed by atoms with Crippen molar-refractivity contribution in [3.63, 3.8) is 0 Å². The molecule has 2 aromatic rings. The van der Waals surface area contributed by atoms with Crippen molar-refractivity contribution in [3.8, 4) is 5.75 Å². The quantitative estimate of drug-likeness (QED) is 0.882. The predicted octanol–water partition coefficient (Wildman–Crippen LogP) is 2.99. The lowest BCUT2D eigenvalue weighted by Gasteiger charge is -2.09. The van der Waals surface area contributed by atoms with Crippen molar-refractivity contribution >= 4 is 5.97 Å². The largest absolute Gasteiger partial charge is 0.573 e. The zero-order valence-corrected chi connectivity index (χ0v) is 11.0. The van der Waals surface area contributed by atoms with Crippen molar-refractivity contribution in [2.75, 3.05) is 0 Å². The van der Waals surface area contributed by atoms with Gasteiger partial charge in [0, 0.05) is 6.07 Å². The van der Waals surface area contributed by atoms with Crippen molar-refractivity contribution in [2.45, 2.75) is 19.6 Å². The van der Waals surface area contributed by atoms with E-state index in [0.29, 0.717) is 5.56 Å². The van der Waals surface area contributed by atoms with Gasteiger partial charge in [-0.3, -0.25) is 0 Å². The fraction of sp³-hybridized carbons (Fsp3) is 0.231.